The van der Waals surface area contributed by atoms with Crippen molar-refractivity contribution in [3.63, 3.8) is 0 Å². The molecule has 6 nitrogen and oxygen atoms in total. The molecule has 3 rings (SSSR count). The van der Waals surface area contributed by atoms with Crippen LogP contribution in [0.3, 0.4) is 0 Å². The molecule has 1 heterocycles. The molecule has 0 aromatic heterocycles. The number of amides is 2. The zero-order chi connectivity index (χ0) is 23.1. The number of carbonyl (C=O) groups is 2. The predicted molar refractivity (Wildman–Crippen MR) is 120 cm³/mol. The monoisotopic (exact) mass is 436 g/mol. The SMILES string of the molecule is CN(C)CCN(Cc1ccc(C#N)cc1)C(=O)[C@@H]1CCCN(C(=O)c2ccc(F)cc2)C1. The van der Waals surface area contributed by atoms with Crippen molar-refractivity contribution >= 4 is 11.8 Å². The minimum Gasteiger partial charge on any atom is -0.338 e. The zero-order valence-corrected chi connectivity index (χ0v) is 18.6. The lowest BCUT2D eigenvalue weighted by Gasteiger charge is -2.35. The molecule has 0 saturated carbocycles. The van der Waals surface area contributed by atoms with Gasteiger partial charge in [-0.3, -0.25) is 9.59 Å². The summed E-state index contributed by atoms with van der Waals surface area (Å²) in [6.07, 6.45) is 1.49. The van der Waals surface area contributed by atoms with E-state index in [0.717, 1.165) is 24.9 Å². The molecular weight excluding hydrogens is 407 g/mol. The molecule has 2 aromatic carbocycles. The Hall–Kier alpha value is -3.24. The number of hydrogen-bond acceptors (Lipinski definition) is 4. The van der Waals surface area contributed by atoms with E-state index in [2.05, 4.69) is 6.07 Å². The average molecular weight is 437 g/mol. The summed E-state index contributed by atoms with van der Waals surface area (Å²) in [5.74, 6) is -0.788. The summed E-state index contributed by atoms with van der Waals surface area (Å²) in [7, 11) is 3.93. The number of rotatable bonds is 7. The molecule has 2 aromatic rings. The Kier molecular flexibility index (Phi) is 7.96. The van der Waals surface area contributed by atoms with Crippen LogP contribution < -0.4 is 0 Å². The summed E-state index contributed by atoms with van der Waals surface area (Å²) in [4.78, 5) is 31.9. The van der Waals surface area contributed by atoms with Crippen molar-refractivity contribution in [2.24, 2.45) is 5.92 Å². The highest BCUT2D eigenvalue weighted by Gasteiger charge is 2.31. The molecule has 1 fully saturated rings. The lowest BCUT2D eigenvalue weighted by molar-refractivity contribution is -0.137. The molecule has 0 spiro atoms. The van der Waals surface area contributed by atoms with E-state index in [9.17, 15) is 14.0 Å². The van der Waals surface area contributed by atoms with Crippen LogP contribution in [0.25, 0.3) is 0 Å². The van der Waals surface area contributed by atoms with Gasteiger partial charge in [-0.1, -0.05) is 12.1 Å². The maximum absolute atomic E-state index is 13.5. The third kappa shape index (κ3) is 6.14. The van der Waals surface area contributed by atoms with E-state index >= 15 is 0 Å². The normalized spacial score (nSPS) is 16.0. The first-order chi connectivity index (χ1) is 15.4. The van der Waals surface area contributed by atoms with Crippen molar-refractivity contribution in [2.45, 2.75) is 19.4 Å². The van der Waals surface area contributed by atoms with Gasteiger partial charge in [0.15, 0.2) is 0 Å². The summed E-state index contributed by atoms with van der Waals surface area (Å²) in [6.45, 7) is 2.72. The van der Waals surface area contributed by atoms with E-state index in [1.54, 1.807) is 17.0 Å². The molecule has 0 bridgehead atoms. The van der Waals surface area contributed by atoms with Crippen LogP contribution in [0.2, 0.25) is 0 Å². The Morgan fingerprint density at radius 2 is 1.78 bits per heavy atom. The number of likely N-dealkylation sites (N-methyl/N-ethyl adjacent to an activating group) is 1. The van der Waals surface area contributed by atoms with Gasteiger partial charge in [0.2, 0.25) is 5.91 Å². The lowest BCUT2D eigenvalue weighted by atomic mass is 9.95. The summed E-state index contributed by atoms with van der Waals surface area (Å²) in [5, 5.41) is 9.01. The Labute approximate surface area is 188 Å². The van der Waals surface area contributed by atoms with Gasteiger partial charge in [0.1, 0.15) is 5.82 Å². The molecule has 32 heavy (non-hydrogen) atoms. The van der Waals surface area contributed by atoms with Gasteiger partial charge in [-0.05, 0) is 68.9 Å². The molecule has 0 aliphatic carbocycles. The lowest BCUT2D eigenvalue weighted by Crippen LogP contribution is -2.47. The highest BCUT2D eigenvalue weighted by molar-refractivity contribution is 5.94. The minimum absolute atomic E-state index is 0.0350. The van der Waals surface area contributed by atoms with Crippen LogP contribution in [0.4, 0.5) is 4.39 Å². The van der Waals surface area contributed by atoms with Gasteiger partial charge < -0.3 is 14.7 Å². The van der Waals surface area contributed by atoms with Gasteiger partial charge in [0.25, 0.3) is 5.91 Å². The van der Waals surface area contributed by atoms with Gasteiger partial charge in [-0.25, -0.2) is 4.39 Å². The zero-order valence-electron chi connectivity index (χ0n) is 18.6. The smallest absolute Gasteiger partial charge is 0.253 e. The summed E-state index contributed by atoms with van der Waals surface area (Å²) in [5.41, 5.74) is 1.98. The third-order valence-electron chi connectivity index (χ3n) is 5.73. The largest absolute Gasteiger partial charge is 0.338 e. The standard InChI is InChI=1S/C25H29FN4O2/c1-28(2)14-15-30(17-20-7-5-19(16-27)6-8-20)25(32)22-4-3-13-29(18-22)24(31)21-9-11-23(26)12-10-21/h5-12,22H,3-4,13-15,17-18H2,1-2H3/t22-/m1/s1. The molecule has 0 radical (unpaired) electrons. The van der Waals surface area contributed by atoms with E-state index in [0.29, 0.717) is 37.3 Å². The Morgan fingerprint density at radius 1 is 1.09 bits per heavy atom. The van der Waals surface area contributed by atoms with Crippen LogP contribution in [0.1, 0.15) is 34.3 Å². The maximum Gasteiger partial charge on any atom is 0.253 e. The molecular formula is C25H29FN4O2. The number of benzene rings is 2. The van der Waals surface area contributed by atoms with Gasteiger partial charge in [-0.2, -0.15) is 5.26 Å². The first-order valence-electron chi connectivity index (χ1n) is 10.8. The van der Waals surface area contributed by atoms with Crippen LogP contribution >= 0.6 is 0 Å². The number of piperidine rings is 1. The maximum atomic E-state index is 13.5. The highest BCUT2D eigenvalue weighted by Crippen LogP contribution is 2.22. The van der Waals surface area contributed by atoms with Crippen molar-refractivity contribution < 1.29 is 14.0 Å². The second-order valence-electron chi connectivity index (χ2n) is 8.47. The minimum atomic E-state index is -0.382. The molecule has 168 valence electrons. The first kappa shape index (κ1) is 23.4. The van der Waals surface area contributed by atoms with E-state index in [-0.39, 0.29) is 23.5 Å². The first-order valence-corrected chi connectivity index (χ1v) is 10.8. The van der Waals surface area contributed by atoms with Crippen LogP contribution in [-0.4, -0.2) is 66.8 Å². The molecule has 0 N–H and O–H groups in total. The van der Waals surface area contributed by atoms with Crippen molar-refractivity contribution in [3.8, 4) is 6.07 Å². The molecule has 1 aliphatic rings. The molecule has 7 heteroatoms. The molecule has 2 amide bonds. The van der Waals surface area contributed by atoms with E-state index in [4.69, 9.17) is 5.26 Å². The highest BCUT2D eigenvalue weighted by atomic mass is 19.1. The topological polar surface area (TPSA) is 67.7 Å². The summed E-state index contributed by atoms with van der Waals surface area (Å²) >= 11 is 0. The summed E-state index contributed by atoms with van der Waals surface area (Å²) in [6, 6.07) is 14.9. The van der Waals surface area contributed by atoms with Gasteiger partial charge in [-0.15, -0.1) is 0 Å². The van der Waals surface area contributed by atoms with E-state index < -0.39 is 0 Å². The van der Waals surface area contributed by atoms with Crippen molar-refractivity contribution in [1.82, 2.24) is 14.7 Å². The van der Waals surface area contributed by atoms with Crippen LogP contribution in [0, 0.1) is 23.1 Å². The number of carbonyl (C=O) groups excluding carboxylic acids is 2. The van der Waals surface area contributed by atoms with E-state index in [1.807, 2.05) is 36.0 Å². The molecule has 0 unspecified atom stereocenters. The van der Waals surface area contributed by atoms with E-state index in [1.165, 1.54) is 24.3 Å². The quantitative estimate of drug-likeness (QED) is 0.669. The second kappa shape index (κ2) is 10.9. The second-order valence-corrected chi connectivity index (χ2v) is 8.47. The number of nitrogens with zero attached hydrogens (tertiary/aromatic N) is 4. The Morgan fingerprint density at radius 3 is 2.41 bits per heavy atom. The number of hydrogen-bond donors (Lipinski definition) is 0. The fraction of sp³-hybridized carbons (Fsp3) is 0.400. The average Bonchev–Trinajstić information content (AvgIpc) is 2.81. The Bertz CT molecular complexity index is 967. The van der Waals surface area contributed by atoms with Gasteiger partial charge in [0.05, 0.1) is 17.6 Å². The van der Waals surface area contributed by atoms with Gasteiger partial charge in [0, 0.05) is 38.3 Å². The third-order valence-corrected chi connectivity index (χ3v) is 5.73. The van der Waals surface area contributed by atoms with Crippen molar-refractivity contribution in [2.75, 3.05) is 40.3 Å². The number of halogens is 1. The van der Waals surface area contributed by atoms with Crippen LogP contribution in [0.5, 0.6) is 0 Å². The van der Waals surface area contributed by atoms with Crippen molar-refractivity contribution in [1.29, 1.82) is 5.26 Å². The number of nitriles is 1. The summed E-state index contributed by atoms with van der Waals surface area (Å²) < 4.78 is 13.2. The van der Waals surface area contributed by atoms with Crippen molar-refractivity contribution in [3.05, 3.63) is 71.0 Å². The molecule has 1 atom stereocenters. The fourth-order valence-electron chi connectivity index (χ4n) is 3.89. The van der Waals surface area contributed by atoms with Gasteiger partial charge >= 0.3 is 0 Å². The fourth-order valence-corrected chi connectivity index (χ4v) is 3.89. The Balaban J connectivity index is 1.71. The predicted octanol–water partition coefficient (Wildman–Crippen LogP) is 3.14. The molecule has 1 aliphatic heterocycles. The number of likely N-dealkylation sites (tertiary alicyclic amines) is 1. The van der Waals surface area contributed by atoms with Crippen LogP contribution in [-0.2, 0) is 11.3 Å². The molecule has 1 saturated heterocycles. The van der Waals surface area contributed by atoms with Crippen LogP contribution in [0.15, 0.2) is 48.5 Å².